The van der Waals surface area contributed by atoms with E-state index in [4.69, 9.17) is 16.3 Å². The molecule has 88 valence electrons. The number of ether oxygens (including phenoxy) is 1. The maximum atomic E-state index is 12.0. The molecule has 1 aliphatic rings. The normalized spacial score (nSPS) is 21.1. The second-order valence-electron chi connectivity index (χ2n) is 3.80. The summed E-state index contributed by atoms with van der Waals surface area (Å²) in [6.45, 7) is 1.88. The third-order valence-corrected chi connectivity index (χ3v) is 3.68. The van der Waals surface area contributed by atoms with Crippen LogP contribution in [0.5, 0.6) is 0 Å². The number of carbonyl (C=O) groups excluding carboxylic acids is 1. The van der Waals surface area contributed by atoms with Crippen molar-refractivity contribution in [3.63, 3.8) is 0 Å². The summed E-state index contributed by atoms with van der Waals surface area (Å²) in [5, 5.41) is 4.00. The molecule has 0 aliphatic carbocycles. The third kappa shape index (κ3) is 2.97. The Balaban J connectivity index is 1.89. The number of hydrogen-bond acceptors (Lipinski definition) is 3. The van der Waals surface area contributed by atoms with Crippen LogP contribution in [0.2, 0.25) is 0 Å². The van der Waals surface area contributed by atoms with Crippen LogP contribution in [0.25, 0.3) is 0 Å². The fourth-order valence-electron chi connectivity index (χ4n) is 1.72. The van der Waals surface area contributed by atoms with Crippen molar-refractivity contribution in [1.29, 1.82) is 0 Å². The van der Waals surface area contributed by atoms with Crippen molar-refractivity contribution in [2.75, 3.05) is 25.6 Å². The summed E-state index contributed by atoms with van der Waals surface area (Å²) in [4.78, 5) is 13.8. The highest BCUT2D eigenvalue weighted by atomic mass is 35.5. The number of carbonyl (C=O) groups is 1. The molecule has 1 aliphatic heterocycles. The number of amides is 1. The van der Waals surface area contributed by atoms with Crippen molar-refractivity contribution < 1.29 is 9.53 Å². The van der Waals surface area contributed by atoms with E-state index in [9.17, 15) is 4.79 Å². The van der Waals surface area contributed by atoms with Crippen LogP contribution in [0.1, 0.15) is 5.56 Å². The number of hydrogen-bond donors (Lipinski definition) is 0. The molecule has 1 fully saturated rings. The number of thiophene rings is 1. The van der Waals surface area contributed by atoms with Crippen molar-refractivity contribution in [2.24, 2.45) is 0 Å². The monoisotopic (exact) mass is 259 g/mol. The molecule has 16 heavy (non-hydrogen) atoms. The van der Waals surface area contributed by atoms with Crippen molar-refractivity contribution in [3.05, 3.63) is 22.4 Å². The molecule has 0 radical (unpaired) electrons. The molecule has 1 aromatic heterocycles. The Morgan fingerprint density at radius 3 is 3.25 bits per heavy atom. The van der Waals surface area contributed by atoms with Gasteiger partial charge in [0.05, 0.1) is 25.0 Å². The topological polar surface area (TPSA) is 29.5 Å². The van der Waals surface area contributed by atoms with Gasteiger partial charge in [-0.2, -0.15) is 11.3 Å². The van der Waals surface area contributed by atoms with Crippen LogP contribution < -0.4 is 0 Å². The van der Waals surface area contributed by atoms with E-state index in [0.29, 0.717) is 32.0 Å². The fourth-order valence-corrected chi connectivity index (χ4v) is 2.57. The Kier molecular flexibility index (Phi) is 4.21. The minimum absolute atomic E-state index is 0.0122. The van der Waals surface area contributed by atoms with Crippen LogP contribution in [0.3, 0.4) is 0 Å². The Labute approximate surface area is 104 Å². The van der Waals surface area contributed by atoms with Gasteiger partial charge in [0.25, 0.3) is 0 Å². The van der Waals surface area contributed by atoms with Gasteiger partial charge in [0.15, 0.2) is 0 Å². The minimum Gasteiger partial charge on any atom is -0.373 e. The number of halogens is 1. The van der Waals surface area contributed by atoms with Gasteiger partial charge in [0.1, 0.15) is 0 Å². The van der Waals surface area contributed by atoms with Crippen LogP contribution >= 0.6 is 22.9 Å². The molecule has 2 heterocycles. The number of morpholine rings is 1. The van der Waals surface area contributed by atoms with E-state index in [1.165, 1.54) is 0 Å². The molecule has 2 rings (SSSR count). The average molecular weight is 260 g/mol. The molecular weight excluding hydrogens is 246 g/mol. The quantitative estimate of drug-likeness (QED) is 0.774. The molecule has 1 saturated heterocycles. The highest BCUT2D eigenvalue weighted by Crippen LogP contribution is 2.11. The van der Waals surface area contributed by atoms with Crippen molar-refractivity contribution in [3.8, 4) is 0 Å². The molecule has 0 aromatic carbocycles. The number of rotatable bonds is 3. The molecule has 0 spiro atoms. The zero-order chi connectivity index (χ0) is 11.4. The Hall–Kier alpha value is -0.580. The molecule has 1 amide bonds. The molecule has 0 bridgehead atoms. The largest absolute Gasteiger partial charge is 0.373 e. The summed E-state index contributed by atoms with van der Waals surface area (Å²) >= 11 is 7.35. The van der Waals surface area contributed by atoms with Crippen molar-refractivity contribution in [2.45, 2.75) is 12.5 Å². The Morgan fingerprint density at radius 1 is 1.69 bits per heavy atom. The van der Waals surface area contributed by atoms with Gasteiger partial charge in [-0.3, -0.25) is 4.79 Å². The predicted octanol–water partition coefficient (Wildman–Crippen LogP) is 1.76. The maximum Gasteiger partial charge on any atom is 0.227 e. The third-order valence-electron chi connectivity index (χ3n) is 2.60. The fraction of sp³-hybridized carbons (Fsp3) is 0.545. The van der Waals surface area contributed by atoms with Gasteiger partial charge >= 0.3 is 0 Å². The van der Waals surface area contributed by atoms with Crippen molar-refractivity contribution in [1.82, 2.24) is 4.90 Å². The summed E-state index contributed by atoms with van der Waals surface area (Å²) in [5.41, 5.74) is 1.09. The van der Waals surface area contributed by atoms with Crippen molar-refractivity contribution >= 4 is 28.8 Å². The van der Waals surface area contributed by atoms with E-state index < -0.39 is 0 Å². The first-order chi connectivity index (χ1) is 7.79. The van der Waals surface area contributed by atoms with E-state index in [1.54, 1.807) is 11.3 Å². The van der Waals surface area contributed by atoms with Gasteiger partial charge in [0.2, 0.25) is 5.91 Å². The lowest BCUT2D eigenvalue weighted by atomic mass is 10.2. The lowest BCUT2D eigenvalue weighted by Crippen LogP contribution is -2.46. The lowest BCUT2D eigenvalue weighted by molar-refractivity contribution is -0.137. The Morgan fingerprint density at radius 2 is 2.56 bits per heavy atom. The standard InChI is InChI=1S/C11H14ClNO2S/c12-6-10-7-13(2-3-15-10)11(14)5-9-1-4-16-8-9/h1,4,8,10H,2-3,5-7H2. The molecule has 3 nitrogen and oxygen atoms in total. The van der Waals surface area contributed by atoms with Crippen LogP contribution in [0.4, 0.5) is 0 Å². The van der Waals surface area contributed by atoms with Gasteiger partial charge in [-0.1, -0.05) is 0 Å². The molecule has 1 atom stereocenters. The van der Waals surface area contributed by atoms with Crippen LogP contribution in [-0.4, -0.2) is 42.5 Å². The predicted molar refractivity (Wildman–Crippen MR) is 65.1 cm³/mol. The van der Waals surface area contributed by atoms with Crippen LogP contribution in [0, 0.1) is 0 Å². The molecule has 5 heteroatoms. The average Bonchev–Trinajstić information content (AvgIpc) is 2.82. The number of nitrogens with zero attached hydrogens (tertiary/aromatic N) is 1. The van der Waals surface area contributed by atoms with E-state index in [1.807, 2.05) is 21.7 Å². The summed E-state index contributed by atoms with van der Waals surface area (Å²) in [5.74, 6) is 0.610. The summed E-state index contributed by atoms with van der Waals surface area (Å²) in [6.07, 6.45) is 0.472. The van der Waals surface area contributed by atoms with E-state index in [0.717, 1.165) is 5.56 Å². The Bertz CT molecular complexity index is 342. The lowest BCUT2D eigenvalue weighted by Gasteiger charge is -2.32. The zero-order valence-electron chi connectivity index (χ0n) is 8.89. The second-order valence-corrected chi connectivity index (χ2v) is 4.88. The summed E-state index contributed by atoms with van der Waals surface area (Å²) in [7, 11) is 0. The minimum atomic E-state index is -0.0122. The zero-order valence-corrected chi connectivity index (χ0v) is 10.5. The van der Waals surface area contributed by atoms with Gasteiger partial charge in [-0.05, 0) is 22.4 Å². The number of alkyl halides is 1. The first-order valence-electron chi connectivity index (χ1n) is 5.26. The highest BCUT2D eigenvalue weighted by Gasteiger charge is 2.23. The smallest absolute Gasteiger partial charge is 0.227 e. The van der Waals surface area contributed by atoms with E-state index >= 15 is 0 Å². The summed E-state index contributed by atoms with van der Waals surface area (Å²) in [6, 6.07) is 1.99. The van der Waals surface area contributed by atoms with Crippen LogP contribution in [-0.2, 0) is 16.0 Å². The highest BCUT2D eigenvalue weighted by molar-refractivity contribution is 7.07. The molecule has 1 unspecified atom stereocenters. The van der Waals surface area contributed by atoms with Gasteiger partial charge in [-0.15, -0.1) is 11.6 Å². The molecular formula is C11H14ClNO2S. The molecule has 1 aromatic rings. The second kappa shape index (κ2) is 5.66. The SMILES string of the molecule is O=C(Cc1ccsc1)N1CCOC(CCl)C1. The first kappa shape index (κ1) is 11.9. The molecule has 0 N–H and O–H groups in total. The summed E-state index contributed by atoms with van der Waals surface area (Å²) < 4.78 is 5.42. The maximum absolute atomic E-state index is 12.0. The molecule has 0 saturated carbocycles. The van der Waals surface area contributed by atoms with E-state index in [2.05, 4.69) is 0 Å². The van der Waals surface area contributed by atoms with Gasteiger partial charge in [-0.25, -0.2) is 0 Å². The van der Waals surface area contributed by atoms with Gasteiger partial charge < -0.3 is 9.64 Å². The van der Waals surface area contributed by atoms with Crippen LogP contribution in [0.15, 0.2) is 16.8 Å². The first-order valence-corrected chi connectivity index (χ1v) is 6.73. The van der Waals surface area contributed by atoms with Gasteiger partial charge in [0, 0.05) is 13.1 Å². The van der Waals surface area contributed by atoms with E-state index in [-0.39, 0.29) is 12.0 Å².